The van der Waals surface area contributed by atoms with Crippen LogP contribution in [0.2, 0.25) is 0 Å². The molecule has 0 aliphatic carbocycles. The third-order valence-corrected chi connectivity index (χ3v) is 2.79. The average Bonchev–Trinajstić information content (AvgIpc) is 2.37. The van der Waals surface area contributed by atoms with Crippen molar-refractivity contribution < 1.29 is 14.3 Å². The average molecular weight is 291 g/mol. The summed E-state index contributed by atoms with van der Waals surface area (Å²) < 4.78 is 5.40. The molecule has 1 aromatic rings. The number of amides is 1. The van der Waals surface area contributed by atoms with Crippen LogP contribution in [0, 0.1) is 0 Å². The lowest BCUT2D eigenvalue weighted by molar-refractivity contribution is -0.158. The highest BCUT2D eigenvalue weighted by Gasteiger charge is 2.26. The van der Waals surface area contributed by atoms with E-state index in [1.54, 1.807) is 0 Å². The molecule has 0 heterocycles. The van der Waals surface area contributed by atoms with E-state index in [0.29, 0.717) is 12.8 Å². The Bertz CT molecular complexity index is 463. The zero-order valence-electron chi connectivity index (χ0n) is 13.3. The Kier molecular flexibility index (Phi) is 6.40. The van der Waals surface area contributed by atoms with E-state index in [0.717, 1.165) is 12.0 Å². The van der Waals surface area contributed by atoms with Gasteiger partial charge in [0.1, 0.15) is 11.6 Å². The zero-order valence-corrected chi connectivity index (χ0v) is 13.3. The maximum atomic E-state index is 12.3. The first-order chi connectivity index (χ1) is 9.81. The summed E-state index contributed by atoms with van der Waals surface area (Å²) in [6.07, 6.45) is 1.59. The molecule has 0 saturated heterocycles. The number of benzene rings is 1. The fourth-order valence-electron chi connectivity index (χ4n) is 1.91. The van der Waals surface area contributed by atoms with Crippen LogP contribution in [-0.4, -0.2) is 23.5 Å². The fourth-order valence-corrected chi connectivity index (χ4v) is 1.91. The Hall–Kier alpha value is -1.84. The summed E-state index contributed by atoms with van der Waals surface area (Å²) in [4.78, 5) is 24.1. The summed E-state index contributed by atoms with van der Waals surface area (Å²) in [5, 5.41) is 2.78. The molecule has 1 N–H and O–H groups in total. The molecule has 116 valence electrons. The molecule has 0 fully saturated rings. The van der Waals surface area contributed by atoms with Gasteiger partial charge < -0.3 is 10.1 Å². The van der Waals surface area contributed by atoms with Gasteiger partial charge >= 0.3 is 5.97 Å². The maximum absolute atomic E-state index is 12.3. The van der Waals surface area contributed by atoms with Crippen molar-refractivity contribution in [2.24, 2.45) is 0 Å². The van der Waals surface area contributed by atoms with E-state index in [4.69, 9.17) is 4.74 Å². The van der Waals surface area contributed by atoms with Gasteiger partial charge in [-0.1, -0.05) is 37.3 Å². The van der Waals surface area contributed by atoms with Crippen LogP contribution in [0.15, 0.2) is 30.3 Å². The van der Waals surface area contributed by atoms with Crippen LogP contribution in [0.1, 0.15) is 46.1 Å². The normalized spacial score (nSPS) is 12.6. The van der Waals surface area contributed by atoms with Crippen molar-refractivity contribution in [2.75, 3.05) is 0 Å². The van der Waals surface area contributed by atoms with Crippen molar-refractivity contribution in [1.82, 2.24) is 5.32 Å². The van der Waals surface area contributed by atoms with Gasteiger partial charge in [0.05, 0.1) is 0 Å². The lowest BCUT2D eigenvalue weighted by Crippen LogP contribution is -2.45. The SMILES string of the molecule is CCCC(=O)N[C@@H](Cc1ccccc1)C(=O)OC(C)(C)C. The number of carbonyl (C=O) groups excluding carboxylic acids is 2. The van der Waals surface area contributed by atoms with Crippen molar-refractivity contribution in [3.05, 3.63) is 35.9 Å². The van der Waals surface area contributed by atoms with E-state index in [-0.39, 0.29) is 5.91 Å². The standard InChI is InChI=1S/C17H25NO3/c1-5-9-15(19)18-14(16(20)21-17(2,3)4)12-13-10-7-6-8-11-13/h6-8,10-11,14H,5,9,12H2,1-4H3,(H,18,19)/t14-/m0/s1. The van der Waals surface area contributed by atoms with E-state index in [1.165, 1.54) is 0 Å². The molecule has 0 aliphatic rings. The number of esters is 1. The number of hydrogen-bond donors (Lipinski definition) is 1. The Morgan fingerprint density at radius 2 is 1.81 bits per heavy atom. The van der Waals surface area contributed by atoms with Crippen LogP contribution < -0.4 is 5.32 Å². The van der Waals surface area contributed by atoms with Gasteiger partial charge in [-0.3, -0.25) is 4.79 Å². The molecular formula is C17H25NO3. The number of nitrogens with one attached hydrogen (secondary N) is 1. The summed E-state index contributed by atoms with van der Waals surface area (Å²) in [5.41, 5.74) is 0.423. The Labute approximate surface area is 126 Å². The van der Waals surface area contributed by atoms with Crippen molar-refractivity contribution in [2.45, 2.75) is 58.6 Å². The van der Waals surface area contributed by atoms with Crippen molar-refractivity contribution in [3.63, 3.8) is 0 Å². The lowest BCUT2D eigenvalue weighted by atomic mass is 10.1. The van der Waals surface area contributed by atoms with E-state index in [9.17, 15) is 9.59 Å². The van der Waals surface area contributed by atoms with Gasteiger partial charge in [0.25, 0.3) is 0 Å². The van der Waals surface area contributed by atoms with Gasteiger partial charge in [-0.05, 0) is 32.8 Å². The Morgan fingerprint density at radius 3 is 2.33 bits per heavy atom. The molecule has 4 heteroatoms. The second-order valence-electron chi connectivity index (χ2n) is 6.09. The molecule has 1 atom stereocenters. The fraction of sp³-hybridized carbons (Fsp3) is 0.529. The first kappa shape index (κ1) is 17.2. The van der Waals surface area contributed by atoms with Crippen LogP contribution in [0.4, 0.5) is 0 Å². The van der Waals surface area contributed by atoms with Gasteiger partial charge in [0.15, 0.2) is 0 Å². The summed E-state index contributed by atoms with van der Waals surface area (Å²) in [6, 6.07) is 8.96. The zero-order chi connectivity index (χ0) is 15.9. The highest BCUT2D eigenvalue weighted by atomic mass is 16.6. The first-order valence-corrected chi connectivity index (χ1v) is 7.38. The number of rotatable bonds is 6. The topological polar surface area (TPSA) is 55.4 Å². The van der Waals surface area contributed by atoms with Crippen molar-refractivity contribution in [1.29, 1.82) is 0 Å². The molecule has 0 aromatic heterocycles. The summed E-state index contributed by atoms with van der Waals surface area (Å²) in [7, 11) is 0. The second-order valence-corrected chi connectivity index (χ2v) is 6.09. The van der Waals surface area contributed by atoms with Gasteiger partial charge in [-0.15, -0.1) is 0 Å². The Balaban J connectivity index is 2.78. The number of ether oxygens (including phenoxy) is 1. The summed E-state index contributed by atoms with van der Waals surface area (Å²) >= 11 is 0. The molecule has 1 amide bonds. The third-order valence-electron chi connectivity index (χ3n) is 2.79. The van der Waals surface area contributed by atoms with Crippen molar-refractivity contribution in [3.8, 4) is 0 Å². The van der Waals surface area contributed by atoms with Crippen molar-refractivity contribution >= 4 is 11.9 Å². The minimum absolute atomic E-state index is 0.121. The van der Waals surface area contributed by atoms with E-state index in [2.05, 4.69) is 5.32 Å². The smallest absolute Gasteiger partial charge is 0.329 e. The van der Waals surface area contributed by atoms with Crippen LogP contribution in [-0.2, 0) is 20.7 Å². The minimum Gasteiger partial charge on any atom is -0.458 e. The minimum atomic E-state index is -0.648. The molecule has 0 bridgehead atoms. The highest BCUT2D eigenvalue weighted by molar-refractivity contribution is 5.84. The van der Waals surface area contributed by atoms with E-state index in [1.807, 2.05) is 58.0 Å². The molecule has 1 aromatic carbocycles. The maximum Gasteiger partial charge on any atom is 0.329 e. The Morgan fingerprint density at radius 1 is 1.19 bits per heavy atom. The summed E-state index contributed by atoms with van der Waals surface area (Å²) in [5.74, 6) is -0.514. The van der Waals surface area contributed by atoms with E-state index >= 15 is 0 Å². The second kappa shape index (κ2) is 7.81. The van der Waals surface area contributed by atoms with Crippen LogP contribution in [0.5, 0.6) is 0 Å². The molecule has 0 aliphatic heterocycles. The van der Waals surface area contributed by atoms with Gasteiger partial charge in [-0.25, -0.2) is 4.79 Å². The quantitative estimate of drug-likeness (QED) is 0.820. The highest BCUT2D eigenvalue weighted by Crippen LogP contribution is 2.11. The number of hydrogen-bond acceptors (Lipinski definition) is 3. The lowest BCUT2D eigenvalue weighted by Gasteiger charge is -2.24. The molecule has 0 spiro atoms. The number of carbonyl (C=O) groups is 2. The van der Waals surface area contributed by atoms with Crippen LogP contribution in [0.3, 0.4) is 0 Å². The predicted octanol–water partition coefficient (Wildman–Crippen LogP) is 2.86. The van der Waals surface area contributed by atoms with Crippen LogP contribution >= 0.6 is 0 Å². The molecule has 0 unspecified atom stereocenters. The monoisotopic (exact) mass is 291 g/mol. The first-order valence-electron chi connectivity index (χ1n) is 7.38. The largest absolute Gasteiger partial charge is 0.458 e. The molecule has 0 saturated carbocycles. The molecule has 4 nitrogen and oxygen atoms in total. The predicted molar refractivity (Wildman–Crippen MR) is 82.8 cm³/mol. The molecule has 1 rings (SSSR count). The van der Waals surface area contributed by atoms with Gasteiger partial charge in [0, 0.05) is 12.8 Å². The summed E-state index contributed by atoms with van der Waals surface area (Å²) in [6.45, 7) is 7.38. The third kappa shape index (κ3) is 6.93. The molecule has 0 radical (unpaired) electrons. The van der Waals surface area contributed by atoms with E-state index < -0.39 is 17.6 Å². The van der Waals surface area contributed by atoms with Gasteiger partial charge in [-0.2, -0.15) is 0 Å². The molecule has 21 heavy (non-hydrogen) atoms. The molecular weight excluding hydrogens is 266 g/mol. The van der Waals surface area contributed by atoms with Gasteiger partial charge in [0.2, 0.25) is 5.91 Å². The van der Waals surface area contributed by atoms with Crippen LogP contribution in [0.25, 0.3) is 0 Å².